The van der Waals surface area contributed by atoms with Crippen molar-refractivity contribution in [2.75, 3.05) is 12.8 Å². The van der Waals surface area contributed by atoms with Gasteiger partial charge in [-0.25, -0.2) is 12.7 Å². The summed E-state index contributed by atoms with van der Waals surface area (Å²) in [4.78, 5) is 0. The zero-order valence-corrected chi connectivity index (χ0v) is 11.4. The van der Waals surface area contributed by atoms with Gasteiger partial charge in [0.25, 0.3) is 0 Å². The average molecular weight is 282 g/mol. The van der Waals surface area contributed by atoms with Crippen molar-refractivity contribution in [2.45, 2.75) is 13.5 Å². The third kappa shape index (κ3) is 3.10. The molecule has 1 rings (SSSR count). The number of sulfonamides is 1. The highest BCUT2D eigenvalue weighted by Gasteiger charge is 2.16. The summed E-state index contributed by atoms with van der Waals surface area (Å²) in [5.74, 6) is 0.0711. The van der Waals surface area contributed by atoms with Gasteiger partial charge in [-0.3, -0.25) is 0 Å². The summed E-state index contributed by atoms with van der Waals surface area (Å²) in [7, 11) is -1.67. The van der Waals surface area contributed by atoms with Crippen LogP contribution in [0.2, 0.25) is 10.0 Å². The molecule has 90 valence electrons. The Labute approximate surface area is 106 Å². The van der Waals surface area contributed by atoms with Crippen LogP contribution in [0.1, 0.15) is 12.5 Å². The second-order valence-electron chi connectivity index (χ2n) is 3.37. The highest BCUT2D eigenvalue weighted by molar-refractivity contribution is 7.89. The molecule has 0 aliphatic carbocycles. The largest absolute Gasteiger partial charge is 0.213 e. The maximum absolute atomic E-state index is 11.5. The van der Waals surface area contributed by atoms with Crippen LogP contribution in [-0.4, -0.2) is 25.5 Å². The molecule has 0 unspecified atom stereocenters. The predicted octanol–water partition coefficient (Wildman–Crippen LogP) is 2.77. The second-order valence-corrected chi connectivity index (χ2v) is 6.52. The highest BCUT2D eigenvalue weighted by atomic mass is 35.5. The molecule has 0 aliphatic heterocycles. The number of hydrogen-bond acceptors (Lipinski definition) is 2. The third-order valence-electron chi connectivity index (χ3n) is 2.26. The molecule has 1 aromatic carbocycles. The molecule has 0 aromatic heterocycles. The Morgan fingerprint density at radius 2 is 1.94 bits per heavy atom. The van der Waals surface area contributed by atoms with Crippen molar-refractivity contribution in [1.82, 2.24) is 4.31 Å². The van der Waals surface area contributed by atoms with Gasteiger partial charge >= 0.3 is 0 Å². The monoisotopic (exact) mass is 281 g/mol. The zero-order valence-electron chi connectivity index (χ0n) is 9.07. The lowest BCUT2D eigenvalue weighted by Crippen LogP contribution is -2.27. The number of rotatable bonds is 4. The van der Waals surface area contributed by atoms with E-state index < -0.39 is 10.0 Å². The first-order valence-electron chi connectivity index (χ1n) is 4.75. The van der Waals surface area contributed by atoms with Crippen LogP contribution in [0.3, 0.4) is 0 Å². The Hall–Kier alpha value is -0.290. The summed E-state index contributed by atoms with van der Waals surface area (Å²) in [6.45, 7) is 1.83. The van der Waals surface area contributed by atoms with E-state index in [9.17, 15) is 8.42 Å². The maximum atomic E-state index is 11.5. The predicted molar refractivity (Wildman–Crippen MR) is 67.4 cm³/mol. The molecule has 0 atom stereocenters. The van der Waals surface area contributed by atoms with Crippen LogP contribution in [0.25, 0.3) is 0 Å². The van der Waals surface area contributed by atoms with Gasteiger partial charge in [0.2, 0.25) is 10.0 Å². The minimum atomic E-state index is -3.19. The van der Waals surface area contributed by atoms with Crippen molar-refractivity contribution < 1.29 is 8.42 Å². The van der Waals surface area contributed by atoms with E-state index in [2.05, 4.69) is 0 Å². The molecule has 0 heterocycles. The molecule has 0 fully saturated rings. The smallest absolute Gasteiger partial charge is 0.212 e. The fraction of sp³-hybridized carbons (Fsp3) is 0.400. The minimum absolute atomic E-state index is 0.0711. The minimum Gasteiger partial charge on any atom is -0.212 e. The van der Waals surface area contributed by atoms with E-state index in [1.807, 2.05) is 0 Å². The Kier molecular flexibility index (Phi) is 4.62. The molecular weight excluding hydrogens is 269 g/mol. The van der Waals surface area contributed by atoms with Crippen molar-refractivity contribution in [2.24, 2.45) is 0 Å². The van der Waals surface area contributed by atoms with Gasteiger partial charge in [-0.1, -0.05) is 35.3 Å². The molecule has 0 spiro atoms. The van der Waals surface area contributed by atoms with Crippen molar-refractivity contribution in [3.8, 4) is 0 Å². The van der Waals surface area contributed by atoms with Crippen LogP contribution in [0, 0.1) is 0 Å². The topological polar surface area (TPSA) is 37.4 Å². The van der Waals surface area contributed by atoms with E-state index in [4.69, 9.17) is 23.2 Å². The molecule has 16 heavy (non-hydrogen) atoms. The van der Waals surface area contributed by atoms with Gasteiger partial charge in [-0.15, -0.1) is 0 Å². The molecule has 1 aromatic rings. The van der Waals surface area contributed by atoms with Gasteiger partial charge in [-0.2, -0.15) is 0 Å². The molecule has 0 amide bonds. The first kappa shape index (κ1) is 13.8. The van der Waals surface area contributed by atoms with Crippen LogP contribution in [0.5, 0.6) is 0 Å². The normalized spacial score (nSPS) is 12.1. The maximum Gasteiger partial charge on any atom is 0.213 e. The van der Waals surface area contributed by atoms with E-state index in [1.54, 1.807) is 25.1 Å². The lowest BCUT2D eigenvalue weighted by Gasteiger charge is -2.16. The van der Waals surface area contributed by atoms with Crippen molar-refractivity contribution in [1.29, 1.82) is 0 Å². The van der Waals surface area contributed by atoms with Crippen LogP contribution in [0.15, 0.2) is 18.2 Å². The summed E-state index contributed by atoms with van der Waals surface area (Å²) >= 11 is 11.8. The summed E-state index contributed by atoms with van der Waals surface area (Å²) in [5, 5.41) is 0.837. The van der Waals surface area contributed by atoms with Crippen LogP contribution >= 0.6 is 23.2 Å². The zero-order chi connectivity index (χ0) is 12.3. The van der Waals surface area contributed by atoms with Crippen molar-refractivity contribution in [3.05, 3.63) is 33.8 Å². The van der Waals surface area contributed by atoms with Crippen LogP contribution < -0.4 is 0 Å². The molecular formula is C10H13Cl2NO2S. The fourth-order valence-electron chi connectivity index (χ4n) is 1.23. The molecule has 0 saturated carbocycles. The second kappa shape index (κ2) is 5.36. The Bertz CT molecular complexity index is 474. The fourth-order valence-corrected chi connectivity index (χ4v) is 2.39. The van der Waals surface area contributed by atoms with Crippen molar-refractivity contribution >= 4 is 33.2 Å². The van der Waals surface area contributed by atoms with Gasteiger partial charge in [0.1, 0.15) is 0 Å². The first-order valence-corrected chi connectivity index (χ1v) is 7.12. The summed E-state index contributed by atoms with van der Waals surface area (Å²) < 4.78 is 24.4. The lowest BCUT2D eigenvalue weighted by molar-refractivity contribution is 0.468. The van der Waals surface area contributed by atoms with E-state index in [-0.39, 0.29) is 12.3 Å². The van der Waals surface area contributed by atoms with Gasteiger partial charge in [0, 0.05) is 13.6 Å². The lowest BCUT2D eigenvalue weighted by atomic mass is 10.2. The van der Waals surface area contributed by atoms with E-state index in [0.717, 1.165) is 0 Å². The van der Waals surface area contributed by atoms with Gasteiger partial charge in [-0.05, 0) is 18.6 Å². The molecule has 0 aliphatic rings. The summed E-state index contributed by atoms with van der Waals surface area (Å²) in [5.41, 5.74) is 0.702. The van der Waals surface area contributed by atoms with E-state index in [1.165, 1.54) is 11.4 Å². The molecule has 0 saturated heterocycles. The van der Waals surface area contributed by atoms with Gasteiger partial charge in [0.05, 0.1) is 15.8 Å². The summed E-state index contributed by atoms with van der Waals surface area (Å²) in [6.07, 6.45) is 0. The first-order chi connectivity index (χ1) is 7.38. The van der Waals surface area contributed by atoms with Gasteiger partial charge < -0.3 is 0 Å². The Morgan fingerprint density at radius 3 is 2.50 bits per heavy atom. The number of nitrogens with zero attached hydrogens (tertiary/aromatic N) is 1. The Morgan fingerprint density at radius 1 is 1.31 bits per heavy atom. The molecule has 0 N–H and O–H groups in total. The molecule has 3 nitrogen and oxygen atoms in total. The number of halogens is 2. The SMILES string of the molecule is CCS(=O)(=O)N(C)Cc1cccc(Cl)c1Cl. The van der Waals surface area contributed by atoms with Gasteiger partial charge in [0.15, 0.2) is 0 Å². The summed E-state index contributed by atoms with van der Waals surface area (Å²) in [6, 6.07) is 5.17. The molecule has 6 heteroatoms. The quantitative estimate of drug-likeness (QED) is 0.851. The molecule has 0 bridgehead atoms. The standard InChI is InChI=1S/C10H13Cl2NO2S/c1-3-16(14,15)13(2)7-8-5-4-6-9(11)10(8)12/h4-6H,3,7H2,1-2H3. The van der Waals surface area contributed by atoms with E-state index in [0.29, 0.717) is 15.6 Å². The average Bonchev–Trinajstić information content (AvgIpc) is 2.24. The number of hydrogen-bond donors (Lipinski definition) is 0. The van der Waals surface area contributed by atoms with Crippen LogP contribution in [0.4, 0.5) is 0 Å². The molecule has 0 radical (unpaired) electrons. The van der Waals surface area contributed by atoms with E-state index >= 15 is 0 Å². The highest BCUT2D eigenvalue weighted by Crippen LogP contribution is 2.26. The third-order valence-corrected chi connectivity index (χ3v) is 4.93. The van der Waals surface area contributed by atoms with Crippen LogP contribution in [-0.2, 0) is 16.6 Å². The number of benzene rings is 1. The van der Waals surface area contributed by atoms with Crippen molar-refractivity contribution in [3.63, 3.8) is 0 Å². The Balaban J connectivity index is 2.94.